The van der Waals surface area contributed by atoms with Crippen molar-refractivity contribution in [1.29, 1.82) is 0 Å². The molecule has 0 aliphatic rings. The van der Waals surface area contributed by atoms with Gasteiger partial charge in [0.2, 0.25) is 0 Å². The maximum atomic E-state index is 13.4. The molecule has 0 bridgehead atoms. The van der Waals surface area contributed by atoms with E-state index in [1.165, 1.54) is 0 Å². The van der Waals surface area contributed by atoms with Crippen molar-refractivity contribution in [3.05, 3.63) is 63.5 Å². The number of anilines is 1. The van der Waals surface area contributed by atoms with Gasteiger partial charge in [-0.05, 0) is 72.4 Å². The number of rotatable bonds is 4. The van der Waals surface area contributed by atoms with Crippen molar-refractivity contribution >= 4 is 33.2 Å². The first-order chi connectivity index (χ1) is 12.0. The summed E-state index contributed by atoms with van der Waals surface area (Å²) in [5, 5.41) is 0. The maximum absolute atomic E-state index is 13.4. The third-order valence-corrected chi connectivity index (χ3v) is 4.79. The Kier molecular flexibility index (Phi) is 4.95. The average molecular weight is 400 g/mol. The van der Waals surface area contributed by atoms with Gasteiger partial charge in [-0.25, -0.2) is 4.98 Å². The summed E-state index contributed by atoms with van der Waals surface area (Å²) in [5.41, 5.74) is 5.40. The number of imidazole rings is 1. The van der Waals surface area contributed by atoms with Crippen molar-refractivity contribution in [3.63, 3.8) is 0 Å². The number of nitrogens with zero attached hydrogens (tertiary/aromatic N) is 3. The standard InChI is InChI=1S/C20H22BrN3O/c1-5-17-18(24-12-15(21)11-14(4)19(24)22-17)20(25)23(6-2)16-9-7-8-13(3)10-16/h7-12H,5-6H2,1-4H3. The van der Waals surface area contributed by atoms with E-state index in [2.05, 4.69) is 15.9 Å². The predicted molar refractivity (Wildman–Crippen MR) is 106 cm³/mol. The van der Waals surface area contributed by atoms with E-state index in [-0.39, 0.29) is 5.91 Å². The fourth-order valence-electron chi connectivity index (χ4n) is 3.16. The molecule has 2 aromatic heterocycles. The molecule has 0 saturated carbocycles. The number of benzene rings is 1. The minimum absolute atomic E-state index is 0.0186. The molecule has 0 radical (unpaired) electrons. The van der Waals surface area contributed by atoms with E-state index in [1.807, 2.05) is 73.5 Å². The molecule has 0 atom stereocenters. The summed E-state index contributed by atoms with van der Waals surface area (Å²) in [4.78, 5) is 19.9. The third kappa shape index (κ3) is 3.21. The van der Waals surface area contributed by atoms with Crippen LogP contribution in [0, 0.1) is 13.8 Å². The van der Waals surface area contributed by atoms with Gasteiger partial charge in [-0.15, -0.1) is 0 Å². The smallest absolute Gasteiger partial charge is 0.277 e. The minimum Gasteiger partial charge on any atom is -0.307 e. The zero-order valence-corrected chi connectivity index (χ0v) is 16.6. The van der Waals surface area contributed by atoms with Gasteiger partial charge in [-0.1, -0.05) is 19.1 Å². The first-order valence-electron chi connectivity index (χ1n) is 8.51. The van der Waals surface area contributed by atoms with Crippen LogP contribution in [0.2, 0.25) is 0 Å². The highest BCUT2D eigenvalue weighted by Gasteiger charge is 2.24. The van der Waals surface area contributed by atoms with E-state index in [4.69, 9.17) is 4.98 Å². The summed E-state index contributed by atoms with van der Waals surface area (Å²) in [7, 11) is 0. The molecule has 1 aromatic carbocycles. The fourth-order valence-corrected chi connectivity index (χ4v) is 3.70. The van der Waals surface area contributed by atoms with Gasteiger partial charge in [0.05, 0.1) is 5.69 Å². The number of carbonyl (C=O) groups excluding carboxylic acids is 1. The second kappa shape index (κ2) is 7.00. The highest BCUT2D eigenvalue weighted by molar-refractivity contribution is 9.10. The molecule has 0 fully saturated rings. The molecule has 0 N–H and O–H groups in total. The number of fused-ring (bicyclic) bond motifs is 1. The van der Waals surface area contributed by atoms with Crippen LogP contribution in [0.1, 0.15) is 41.2 Å². The molecule has 1 amide bonds. The molecule has 3 aromatic rings. The van der Waals surface area contributed by atoms with Crippen molar-refractivity contribution in [2.45, 2.75) is 34.1 Å². The Hall–Kier alpha value is -2.14. The summed E-state index contributed by atoms with van der Waals surface area (Å²) in [6.45, 7) is 8.68. The van der Waals surface area contributed by atoms with Gasteiger partial charge in [-0.3, -0.25) is 9.20 Å². The lowest BCUT2D eigenvalue weighted by Crippen LogP contribution is -2.32. The lowest BCUT2D eigenvalue weighted by molar-refractivity contribution is 0.0981. The van der Waals surface area contributed by atoms with E-state index < -0.39 is 0 Å². The molecular formula is C20H22BrN3O. The monoisotopic (exact) mass is 399 g/mol. The molecule has 0 aliphatic heterocycles. The van der Waals surface area contributed by atoms with Crippen LogP contribution in [-0.2, 0) is 6.42 Å². The Labute approximate surface area is 156 Å². The quantitative estimate of drug-likeness (QED) is 0.622. The normalized spacial score (nSPS) is 11.1. The van der Waals surface area contributed by atoms with Crippen LogP contribution in [0.15, 0.2) is 41.0 Å². The Balaban J connectivity index is 2.18. The number of hydrogen-bond donors (Lipinski definition) is 0. The van der Waals surface area contributed by atoms with Crippen LogP contribution >= 0.6 is 15.9 Å². The molecule has 25 heavy (non-hydrogen) atoms. The minimum atomic E-state index is -0.0186. The second-order valence-electron chi connectivity index (χ2n) is 6.18. The summed E-state index contributed by atoms with van der Waals surface area (Å²) in [6, 6.07) is 10.1. The van der Waals surface area contributed by atoms with Crippen LogP contribution in [0.3, 0.4) is 0 Å². The zero-order valence-electron chi connectivity index (χ0n) is 15.0. The van der Waals surface area contributed by atoms with Gasteiger partial charge in [0.25, 0.3) is 5.91 Å². The Morgan fingerprint density at radius 2 is 2.00 bits per heavy atom. The first-order valence-corrected chi connectivity index (χ1v) is 9.31. The van der Waals surface area contributed by atoms with E-state index in [0.29, 0.717) is 18.7 Å². The molecular weight excluding hydrogens is 378 g/mol. The summed E-state index contributed by atoms with van der Waals surface area (Å²) in [5.74, 6) is -0.0186. The molecule has 5 heteroatoms. The molecule has 2 heterocycles. The lowest BCUT2D eigenvalue weighted by atomic mass is 10.2. The molecule has 0 unspecified atom stereocenters. The van der Waals surface area contributed by atoms with Gasteiger partial charge < -0.3 is 4.90 Å². The highest BCUT2D eigenvalue weighted by atomic mass is 79.9. The Bertz CT molecular complexity index is 946. The van der Waals surface area contributed by atoms with Gasteiger partial charge in [0.15, 0.2) is 0 Å². The average Bonchev–Trinajstić information content (AvgIpc) is 2.94. The van der Waals surface area contributed by atoms with E-state index >= 15 is 0 Å². The van der Waals surface area contributed by atoms with E-state index in [0.717, 1.165) is 32.6 Å². The number of aryl methyl sites for hydroxylation is 3. The number of halogens is 1. The molecule has 0 aliphatic carbocycles. The topological polar surface area (TPSA) is 37.6 Å². The van der Waals surface area contributed by atoms with E-state index in [9.17, 15) is 4.79 Å². The maximum Gasteiger partial charge on any atom is 0.277 e. The van der Waals surface area contributed by atoms with Crippen LogP contribution in [0.5, 0.6) is 0 Å². The largest absolute Gasteiger partial charge is 0.307 e. The van der Waals surface area contributed by atoms with Gasteiger partial charge in [0, 0.05) is 22.9 Å². The van der Waals surface area contributed by atoms with Crippen molar-refractivity contribution < 1.29 is 4.79 Å². The van der Waals surface area contributed by atoms with Crippen molar-refractivity contribution in [2.75, 3.05) is 11.4 Å². The van der Waals surface area contributed by atoms with Crippen molar-refractivity contribution in [3.8, 4) is 0 Å². The second-order valence-corrected chi connectivity index (χ2v) is 7.10. The number of carbonyl (C=O) groups is 1. The van der Waals surface area contributed by atoms with Gasteiger partial charge in [-0.2, -0.15) is 0 Å². The van der Waals surface area contributed by atoms with E-state index in [1.54, 1.807) is 0 Å². The number of pyridine rings is 1. The molecule has 0 spiro atoms. The zero-order chi connectivity index (χ0) is 18.1. The predicted octanol–water partition coefficient (Wildman–Crippen LogP) is 4.94. The Morgan fingerprint density at radius 3 is 2.64 bits per heavy atom. The number of aromatic nitrogens is 2. The van der Waals surface area contributed by atoms with Crippen LogP contribution in [-0.4, -0.2) is 21.8 Å². The first kappa shape index (κ1) is 17.7. The molecule has 4 nitrogen and oxygen atoms in total. The van der Waals surface area contributed by atoms with Crippen LogP contribution in [0.25, 0.3) is 5.65 Å². The molecule has 3 rings (SSSR count). The van der Waals surface area contributed by atoms with Crippen LogP contribution < -0.4 is 4.90 Å². The fraction of sp³-hybridized carbons (Fsp3) is 0.300. The summed E-state index contributed by atoms with van der Waals surface area (Å²) < 4.78 is 2.85. The molecule has 0 saturated heterocycles. The lowest BCUT2D eigenvalue weighted by Gasteiger charge is -2.22. The van der Waals surface area contributed by atoms with Crippen LogP contribution in [0.4, 0.5) is 5.69 Å². The van der Waals surface area contributed by atoms with Gasteiger partial charge >= 0.3 is 0 Å². The molecule has 130 valence electrons. The third-order valence-electron chi connectivity index (χ3n) is 4.36. The highest BCUT2D eigenvalue weighted by Crippen LogP contribution is 2.25. The Morgan fingerprint density at radius 1 is 1.24 bits per heavy atom. The SMILES string of the molecule is CCc1nc2c(C)cc(Br)cn2c1C(=O)N(CC)c1cccc(C)c1. The van der Waals surface area contributed by atoms with Crippen molar-refractivity contribution in [1.82, 2.24) is 9.38 Å². The van der Waals surface area contributed by atoms with Gasteiger partial charge in [0.1, 0.15) is 11.3 Å². The van der Waals surface area contributed by atoms with Crippen molar-refractivity contribution in [2.24, 2.45) is 0 Å². The summed E-state index contributed by atoms with van der Waals surface area (Å²) >= 11 is 3.53. The number of amides is 1. The summed E-state index contributed by atoms with van der Waals surface area (Å²) in [6.07, 6.45) is 2.64. The number of hydrogen-bond acceptors (Lipinski definition) is 2.